The zero-order chi connectivity index (χ0) is 32.3. The molecule has 1 aromatic rings. The Morgan fingerprint density at radius 2 is 1.44 bits per heavy atom. The molecule has 8 atom stereocenters. The van der Waals surface area contributed by atoms with Gasteiger partial charge >= 0.3 is 5.97 Å². The van der Waals surface area contributed by atoms with Crippen LogP contribution in [0.5, 0.6) is 0 Å². The van der Waals surface area contributed by atoms with Crippen LogP contribution in [0, 0.1) is 17.8 Å². The molecule has 11 heteroatoms. The molecule has 0 aromatic heterocycles. The highest BCUT2D eigenvalue weighted by Crippen LogP contribution is 2.23. The number of amides is 4. The maximum atomic E-state index is 13.8. The van der Waals surface area contributed by atoms with Gasteiger partial charge in [0.2, 0.25) is 23.6 Å². The third-order valence-electron chi connectivity index (χ3n) is 8.87. The zero-order valence-electron chi connectivity index (χ0n) is 26.5. The van der Waals surface area contributed by atoms with Gasteiger partial charge in [-0.3, -0.25) is 19.2 Å². The predicted molar refractivity (Wildman–Crippen MR) is 165 cm³/mol. The molecule has 1 aromatic carbocycles. The van der Waals surface area contributed by atoms with Crippen molar-refractivity contribution in [2.24, 2.45) is 23.5 Å². The number of carboxylic acids is 1. The molecule has 0 bridgehead atoms. The molecule has 0 spiro atoms. The van der Waals surface area contributed by atoms with E-state index in [1.807, 2.05) is 47.6 Å². The molecule has 1 fully saturated rings. The second-order valence-corrected chi connectivity index (χ2v) is 11.9. The van der Waals surface area contributed by atoms with E-state index in [1.165, 1.54) is 4.90 Å². The van der Waals surface area contributed by atoms with Crippen LogP contribution in [-0.4, -0.2) is 76.4 Å². The monoisotopic (exact) mass is 601 g/mol. The highest BCUT2D eigenvalue weighted by molar-refractivity contribution is 5.96. The van der Waals surface area contributed by atoms with Crippen molar-refractivity contribution in [1.29, 1.82) is 0 Å². The summed E-state index contributed by atoms with van der Waals surface area (Å²) in [5.74, 6) is -3.55. The smallest absolute Gasteiger partial charge is 0.326 e. The van der Waals surface area contributed by atoms with Gasteiger partial charge in [-0.05, 0) is 36.2 Å². The number of carbonyl (C=O) groups is 5. The van der Waals surface area contributed by atoms with Crippen LogP contribution in [-0.2, 0) is 30.4 Å². The zero-order valence-corrected chi connectivity index (χ0v) is 26.5. The molecule has 1 heterocycles. The molecule has 1 aliphatic heterocycles. The average Bonchev–Trinajstić information content (AvgIpc) is 3.50. The van der Waals surface area contributed by atoms with Crippen LogP contribution in [0.15, 0.2) is 30.3 Å². The van der Waals surface area contributed by atoms with Gasteiger partial charge in [0.15, 0.2) is 0 Å². The van der Waals surface area contributed by atoms with E-state index in [0.717, 1.165) is 12.0 Å². The van der Waals surface area contributed by atoms with Crippen LogP contribution < -0.4 is 21.7 Å². The maximum absolute atomic E-state index is 13.8. The van der Waals surface area contributed by atoms with Crippen molar-refractivity contribution in [1.82, 2.24) is 20.9 Å². The van der Waals surface area contributed by atoms with Gasteiger partial charge in [-0.25, -0.2) is 4.79 Å². The molecular formula is C32H51N5O6. The number of benzene rings is 1. The number of hydrogen-bond acceptors (Lipinski definition) is 6. The Hall–Kier alpha value is -3.47. The Morgan fingerprint density at radius 1 is 0.860 bits per heavy atom. The second kappa shape index (κ2) is 17.0. The van der Waals surface area contributed by atoms with E-state index >= 15 is 0 Å². The Kier molecular flexibility index (Phi) is 14.1. The number of aliphatic carboxylic acids is 1. The summed E-state index contributed by atoms with van der Waals surface area (Å²) in [4.78, 5) is 67.2. The standard InChI is InChI=1S/C32H51N5O6/c1-7-19(4)25(33)29(39)36-27(21(6)9-3)31(41)37-17-13-16-24(37)28(38)35-26(20(5)8-2)30(40)34-23(32(42)43)18-22-14-11-10-12-15-22/h10-12,14-15,19-21,23-27H,7-9,13,16-18,33H2,1-6H3,(H,34,40)(H,35,38)(H,36,39)(H,42,43)/t19-,20-,21-,23-,24-,25-,26-,27-/m0/s1. The summed E-state index contributed by atoms with van der Waals surface area (Å²) in [6.07, 6.45) is 3.00. The summed E-state index contributed by atoms with van der Waals surface area (Å²) in [5.41, 5.74) is 6.89. The van der Waals surface area contributed by atoms with Crippen molar-refractivity contribution >= 4 is 29.6 Å². The fraction of sp³-hybridized carbons (Fsp3) is 0.656. The van der Waals surface area contributed by atoms with Crippen molar-refractivity contribution in [3.63, 3.8) is 0 Å². The fourth-order valence-electron chi connectivity index (χ4n) is 5.19. The SMILES string of the molecule is CC[C@H](C)[C@H](N)C(=O)N[C@H](C(=O)N1CCC[C@H]1C(=O)N[C@H](C(=O)N[C@@H](Cc1ccccc1)C(=O)O)[C@@H](C)CC)[C@@H](C)CC. The van der Waals surface area contributed by atoms with E-state index in [0.29, 0.717) is 32.2 Å². The lowest BCUT2D eigenvalue weighted by molar-refractivity contribution is -0.144. The van der Waals surface area contributed by atoms with Crippen LogP contribution in [0.3, 0.4) is 0 Å². The summed E-state index contributed by atoms with van der Waals surface area (Å²) in [5, 5.41) is 18.1. The van der Waals surface area contributed by atoms with E-state index in [4.69, 9.17) is 5.73 Å². The topological polar surface area (TPSA) is 171 Å². The van der Waals surface area contributed by atoms with E-state index in [-0.39, 0.29) is 30.1 Å². The molecule has 6 N–H and O–H groups in total. The first kappa shape index (κ1) is 35.7. The van der Waals surface area contributed by atoms with Crippen molar-refractivity contribution < 1.29 is 29.1 Å². The first-order valence-corrected chi connectivity index (χ1v) is 15.6. The number of hydrogen-bond donors (Lipinski definition) is 5. The highest BCUT2D eigenvalue weighted by atomic mass is 16.4. The third kappa shape index (κ3) is 9.77. The van der Waals surface area contributed by atoms with Crippen molar-refractivity contribution in [2.45, 2.75) is 110 Å². The van der Waals surface area contributed by atoms with Gasteiger partial charge in [-0.2, -0.15) is 0 Å². The lowest BCUT2D eigenvalue weighted by Crippen LogP contribution is -2.60. The molecule has 1 aliphatic rings. The molecule has 11 nitrogen and oxygen atoms in total. The van der Waals surface area contributed by atoms with Gasteiger partial charge in [0.1, 0.15) is 24.2 Å². The van der Waals surface area contributed by atoms with Crippen molar-refractivity contribution in [2.75, 3.05) is 6.54 Å². The summed E-state index contributed by atoms with van der Waals surface area (Å²) < 4.78 is 0. The van der Waals surface area contributed by atoms with Crippen molar-refractivity contribution in [3.8, 4) is 0 Å². The molecule has 0 aliphatic carbocycles. The largest absolute Gasteiger partial charge is 0.480 e. The van der Waals surface area contributed by atoms with Gasteiger partial charge in [0.25, 0.3) is 0 Å². The lowest BCUT2D eigenvalue weighted by Gasteiger charge is -2.33. The Labute approximate surface area is 255 Å². The summed E-state index contributed by atoms with van der Waals surface area (Å²) in [6, 6.07) is 4.40. The molecule has 43 heavy (non-hydrogen) atoms. The van der Waals surface area contributed by atoms with Gasteiger partial charge in [0.05, 0.1) is 6.04 Å². The summed E-state index contributed by atoms with van der Waals surface area (Å²) >= 11 is 0. The minimum absolute atomic E-state index is 0.0601. The summed E-state index contributed by atoms with van der Waals surface area (Å²) in [6.45, 7) is 11.7. The minimum Gasteiger partial charge on any atom is -0.480 e. The normalized spacial score (nSPS) is 19.7. The van der Waals surface area contributed by atoms with Gasteiger partial charge in [0, 0.05) is 13.0 Å². The molecule has 0 saturated carbocycles. The highest BCUT2D eigenvalue weighted by Gasteiger charge is 2.41. The molecule has 2 rings (SSSR count). The van der Waals surface area contributed by atoms with Crippen molar-refractivity contribution in [3.05, 3.63) is 35.9 Å². The maximum Gasteiger partial charge on any atom is 0.326 e. The van der Waals surface area contributed by atoms with E-state index in [9.17, 15) is 29.1 Å². The van der Waals surface area contributed by atoms with Crippen LogP contribution in [0.25, 0.3) is 0 Å². The predicted octanol–water partition coefficient (Wildman–Crippen LogP) is 2.22. The molecule has 0 radical (unpaired) electrons. The molecule has 240 valence electrons. The minimum atomic E-state index is -1.18. The number of nitrogens with zero attached hydrogens (tertiary/aromatic N) is 1. The number of rotatable bonds is 16. The number of nitrogens with two attached hydrogens (primary N) is 1. The molecule has 4 amide bonds. The van der Waals surface area contributed by atoms with Crippen LogP contribution in [0.4, 0.5) is 0 Å². The first-order valence-electron chi connectivity index (χ1n) is 15.6. The van der Waals surface area contributed by atoms with Gasteiger partial charge in [-0.1, -0.05) is 91.1 Å². The number of nitrogens with one attached hydrogen (secondary N) is 3. The Morgan fingerprint density at radius 3 is 2.00 bits per heavy atom. The Bertz CT molecular complexity index is 1100. The van der Waals surface area contributed by atoms with Gasteiger partial charge < -0.3 is 31.7 Å². The first-order chi connectivity index (χ1) is 20.4. The number of carboxylic acid groups (broad SMARTS) is 1. The second-order valence-electron chi connectivity index (χ2n) is 11.9. The summed E-state index contributed by atoms with van der Waals surface area (Å²) in [7, 11) is 0. The van der Waals surface area contributed by atoms with Crippen LogP contribution in [0.1, 0.15) is 79.2 Å². The molecular weight excluding hydrogens is 550 g/mol. The fourth-order valence-corrected chi connectivity index (χ4v) is 5.19. The quantitative estimate of drug-likeness (QED) is 0.193. The Balaban J connectivity index is 2.21. The van der Waals surface area contributed by atoms with E-state index < -0.39 is 53.9 Å². The van der Waals surface area contributed by atoms with E-state index in [1.54, 1.807) is 24.3 Å². The van der Waals surface area contributed by atoms with Crippen LogP contribution >= 0.6 is 0 Å². The number of carbonyl (C=O) groups excluding carboxylic acids is 4. The van der Waals surface area contributed by atoms with E-state index in [2.05, 4.69) is 16.0 Å². The molecule has 1 saturated heterocycles. The van der Waals surface area contributed by atoms with Crippen LogP contribution in [0.2, 0.25) is 0 Å². The number of likely N-dealkylation sites (tertiary alicyclic amines) is 1. The molecule has 0 unspecified atom stereocenters. The third-order valence-corrected chi connectivity index (χ3v) is 8.87. The lowest BCUT2D eigenvalue weighted by atomic mass is 9.94. The average molecular weight is 602 g/mol. The van der Waals surface area contributed by atoms with Gasteiger partial charge in [-0.15, -0.1) is 0 Å².